The summed E-state index contributed by atoms with van der Waals surface area (Å²) in [6.45, 7) is 27.6. The highest BCUT2D eigenvalue weighted by molar-refractivity contribution is 6.44. The first-order valence-corrected chi connectivity index (χ1v) is 24.2. The third kappa shape index (κ3) is 23.3. The molecular formula is C49H78Cl2N4O10. The van der Waals surface area contributed by atoms with Gasteiger partial charge in [-0.05, 0) is 58.8 Å². The summed E-state index contributed by atoms with van der Waals surface area (Å²) in [5.41, 5.74) is 9.37. The molecular weight excluding hydrogens is 875 g/mol. The minimum Gasteiger partial charge on any atom is -0.481 e. The van der Waals surface area contributed by atoms with Gasteiger partial charge in [-0.3, -0.25) is 29.0 Å². The number of morpholine rings is 2. The second kappa shape index (κ2) is 32.4. The Morgan fingerprint density at radius 1 is 0.677 bits per heavy atom. The lowest BCUT2D eigenvalue weighted by molar-refractivity contribution is -0.142. The van der Waals surface area contributed by atoms with Crippen LogP contribution in [0.5, 0.6) is 11.5 Å². The largest absolute Gasteiger partial charge is 0.481 e. The highest BCUT2D eigenvalue weighted by Gasteiger charge is 2.22. The Bertz CT molecular complexity index is 1640. The average Bonchev–Trinajstić information content (AvgIpc) is 3.83. The van der Waals surface area contributed by atoms with Crippen molar-refractivity contribution in [2.24, 2.45) is 5.73 Å². The molecule has 0 radical (unpaired) electrons. The molecule has 3 fully saturated rings. The number of ether oxygens (including phenoxy) is 5. The number of halogens is 2. The molecule has 3 aliphatic heterocycles. The fourth-order valence-corrected chi connectivity index (χ4v) is 7.43. The van der Waals surface area contributed by atoms with Gasteiger partial charge in [0.15, 0.2) is 0 Å². The van der Waals surface area contributed by atoms with E-state index in [2.05, 4.69) is 42.8 Å². The lowest BCUT2D eigenvalue weighted by atomic mass is 9.94. The number of para-hydroxylation sites is 2. The molecule has 1 amide bonds. The summed E-state index contributed by atoms with van der Waals surface area (Å²) < 4.78 is 26.8. The molecule has 3 saturated heterocycles. The molecule has 2 aromatic carbocycles. The van der Waals surface area contributed by atoms with Crippen molar-refractivity contribution in [3.63, 3.8) is 0 Å². The van der Waals surface area contributed by atoms with Gasteiger partial charge in [0.05, 0.1) is 51.8 Å². The fourth-order valence-electron chi connectivity index (χ4n) is 7.03. The van der Waals surface area contributed by atoms with E-state index in [1.165, 1.54) is 0 Å². The smallest absolute Gasteiger partial charge is 0.311 e. The standard InChI is InChI=1S/C22H34N2O4.C16H22O4.C6H14N2O.C5H8Cl2O/c1-16(2)18-6-5-7-19(17(3)4)22(18)28-21(26)9-8-20(25)23-10-11-24-12-14-27-15-13-24;1-10(2)12-6-5-7-13(11(3)4)16(12)20-15(19)9-8-14(17)18;7-1-2-8-3-5-9-6-4-8;6-5(7)4-2-1-3-8-4/h5-7,16-17H,8-15H2,1-4H3,(H,23,25);5-7,10-11H,8-9H2,1-4H3,(H,17,18);1-7H2;4-5H,1-3H2. The Morgan fingerprint density at radius 2 is 1.09 bits per heavy atom. The van der Waals surface area contributed by atoms with Crippen LogP contribution in [0.2, 0.25) is 0 Å². The predicted octanol–water partition coefficient (Wildman–Crippen LogP) is 8.02. The summed E-state index contributed by atoms with van der Waals surface area (Å²) in [5.74, 6) is 0.246. The van der Waals surface area contributed by atoms with Gasteiger partial charge in [0, 0.05) is 65.4 Å². The first-order valence-electron chi connectivity index (χ1n) is 23.3. The van der Waals surface area contributed by atoms with Crippen molar-refractivity contribution in [1.82, 2.24) is 15.1 Å². The Morgan fingerprint density at radius 3 is 1.43 bits per heavy atom. The number of carbonyl (C=O) groups excluding carboxylic acids is 3. The first kappa shape index (κ1) is 57.8. The molecule has 16 heteroatoms. The number of nitrogens with one attached hydrogen (secondary N) is 1. The molecule has 1 unspecified atom stereocenters. The van der Waals surface area contributed by atoms with Crippen molar-refractivity contribution >= 4 is 47.0 Å². The van der Waals surface area contributed by atoms with Gasteiger partial charge in [-0.1, -0.05) is 91.8 Å². The molecule has 65 heavy (non-hydrogen) atoms. The van der Waals surface area contributed by atoms with Crippen molar-refractivity contribution in [2.75, 3.05) is 85.4 Å². The van der Waals surface area contributed by atoms with Gasteiger partial charge in [0.1, 0.15) is 16.3 Å². The number of nitrogens with zero attached hydrogens (tertiary/aromatic N) is 2. The molecule has 0 bridgehead atoms. The Kier molecular flexibility index (Phi) is 28.8. The van der Waals surface area contributed by atoms with Crippen molar-refractivity contribution < 1.29 is 48.0 Å². The topological polar surface area (TPSA) is 179 Å². The van der Waals surface area contributed by atoms with Crippen LogP contribution >= 0.6 is 23.2 Å². The maximum absolute atomic E-state index is 12.4. The minimum atomic E-state index is -0.997. The van der Waals surface area contributed by atoms with E-state index in [-0.39, 0.29) is 72.2 Å². The molecule has 368 valence electrons. The molecule has 14 nitrogen and oxygen atoms in total. The van der Waals surface area contributed by atoms with E-state index in [1.54, 1.807) is 0 Å². The highest BCUT2D eigenvalue weighted by atomic mass is 35.5. The van der Waals surface area contributed by atoms with Gasteiger partial charge in [0.25, 0.3) is 0 Å². The Balaban J connectivity index is 0.000000336. The number of nitrogens with two attached hydrogens (primary N) is 1. The van der Waals surface area contributed by atoms with Crippen molar-refractivity contribution in [3.8, 4) is 11.5 Å². The van der Waals surface area contributed by atoms with Gasteiger partial charge in [-0.2, -0.15) is 0 Å². The SMILES string of the molecule is CC(C)c1cccc(C(C)C)c1OC(=O)CCC(=O)NCCN1CCOCC1.CC(C)c1cccc(C(C)C)c1OC(=O)CCC(=O)O.ClC(Cl)C1CCCO1.NCCN1CCOCC1. The summed E-state index contributed by atoms with van der Waals surface area (Å²) in [7, 11) is 0. The van der Waals surface area contributed by atoms with E-state index >= 15 is 0 Å². The number of esters is 2. The number of aliphatic carboxylic acids is 1. The number of hydrogen-bond acceptors (Lipinski definition) is 12. The average molecular weight is 954 g/mol. The highest BCUT2D eigenvalue weighted by Crippen LogP contribution is 2.36. The Labute approximate surface area is 398 Å². The number of carboxylic acid groups (broad SMARTS) is 1. The molecule has 2 aromatic rings. The summed E-state index contributed by atoms with van der Waals surface area (Å²) in [6, 6.07) is 11.8. The van der Waals surface area contributed by atoms with E-state index in [1.807, 2.05) is 64.1 Å². The van der Waals surface area contributed by atoms with E-state index in [0.29, 0.717) is 18.0 Å². The van der Waals surface area contributed by atoms with E-state index in [9.17, 15) is 19.2 Å². The zero-order valence-electron chi connectivity index (χ0n) is 40.2. The zero-order chi connectivity index (χ0) is 48.3. The minimum absolute atomic E-state index is 0.0767. The molecule has 0 aromatic heterocycles. The van der Waals surface area contributed by atoms with Crippen molar-refractivity contribution in [2.45, 2.75) is 129 Å². The van der Waals surface area contributed by atoms with Crippen LogP contribution in [0.1, 0.15) is 140 Å². The van der Waals surface area contributed by atoms with Gasteiger partial charge < -0.3 is 39.8 Å². The molecule has 1 atom stereocenters. The molecule has 5 rings (SSSR count). The summed E-state index contributed by atoms with van der Waals surface area (Å²) in [5, 5.41) is 11.5. The maximum atomic E-state index is 12.4. The lowest BCUT2D eigenvalue weighted by Crippen LogP contribution is -2.41. The third-order valence-corrected chi connectivity index (χ3v) is 11.4. The van der Waals surface area contributed by atoms with Crippen molar-refractivity contribution in [1.29, 1.82) is 0 Å². The van der Waals surface area contributed by atoms with Crippen LogP contribution in [-0.4, -0.2) is 135 Å². The number of carbonyl (C=O) groups is 4. The fraction of sp³-hybridized carbons (Fsp3) is 0.673. The number of amides is 1. The lowest BCUT2D eigenvalue weighted by Gasteiger charge is -2.26. The number of hydrogen-bond donors (Lipinski definition) is 3. The maximum Gasteiger partial charge on any atom is 0.311 e. The molecule has 0 aliphatic carbocycles. The summed E-state index contributed by atoms with van der Waals surface area (Å²) in [6.07, 6.45) is 2.10. The van der Waals surface area contributed by atoms with Crippen LogP contribution in [0, 0.1) is 0 Å². The van der Waals surface area contributed by atoms with Gasteiger partial charge in [-0.15, -0.1) is 23.2 Å². The molecule has 4 N–H and O–H groups in total. The van der Waals surface area contributed by atoms with E-state index in [4.69, 9.17) is 57.7 Å². The Hall–Kier alpha value is -3.34. The molecule has 3 heterocycles. The van der Waals surface area contributed by atoms with Crippen LogP contribution < -0.4 is 20.5 Å². The quantitative estimate of drug-likeness (QED) is 0.0744. The number of alkyl halides is 2. The normalized spacial score (nSPS) is 16.6. The number of rotatable bonds is 18. The third-order valence-electron chi connectivity index (χ3n) is 10.8. The summed E-state index contributed by atoms with van der Waals surface area (Å²) >= 11 is 11.0. The van der Waals surface area contributed by atoms with E-state index < -0.39 is 11.9 Å². The van der Waals surface area contributed by atoms with Gasteiger partial charge in [-0.25, -0.2) is 0 Å². The van der Waals surface area contributed by atoms with Crippen LogP contribution in [0.4, 0.5) is 0 Å². The van der Waals surface area contributed by atoms with E-state index in [0.717, 1.165) is 114 Å². The monoisotopic (exact) mass is 953 g/mol. The van der Waals surface area contributed by atoms with Gasteiger partial charge in [0.2, 0.25) is 5.91 Å². The van der Waals surface area contributed by atoms with Gasteiger partial charge >= 0.3 is 17.9 Å². The van der Waals surface area contributed by atoms with Crippen LogP contribution in [0.15, 0.2) is 36.4 Å². The number of benzene rings is 2. The van der Waals surface area contributed by atoms with Crippen LogP contribution in [0.25, 0.3) is 0 Å². The second-order valence-electron chi connectivity index (χ2n) is 17.4. The molecule has 0 spiro atoms. The van der Waals surface area contributed by atoms with Crippen LogP contribution in [0.3, 0.4) is 0 Å². The van der Waals surface area contributed by atoms with Crippen molar-refractivity contribution in [3.05, 3.63) is 58.7 Å². The zero-order valence-corrected chi connectivity index (χ0v) is 41.7. The number of carboxylic acids is 1. The van der Waals surface area contributed by atoms with Crippen LogP contribution in [-0.2, 0) is 33.4 Å². The molecule has 0 saturated carbocycles. The summed E-state index contributed by atoms with van der Waals surface area (Å²) in [4.78, 5) is 50.9. The predicted molar refractivity (Wildman–Crippen MR) is 258 cm³/mol. The second-order valence-corrected chi connectivity index (χ2v) is 18.6. The first-order chi connectivity index (χ1) is 30.9. The molecule has 3 aliphatic rings.